The van der Waals surface area contributed by atoms with Gasteiger partial charge in [0.2, 0.25) is 9.47 Å². The van der Waals surface area contributed by atoms with Crippen molar-refractivity contribution in [1.29, 1.82) is 5.26 Å². The van der Waals surface area contributed by atoms with Crippen LogP contribution in [0.3, 0.4) is 0 Å². The van der Waals surface area contributed by atoms with Crippen molar-refractivity contribution in [3.63, 3.8) is 0 Å². The number of aromatic nitrogens is 2. The van der Waals surface area contributed by atoms with E-state index in [1.807, 2.05) is 0 Å². The second kappa shape index (κ2) is 3.99. The van der Waals surface area contributed by atoms with Crippen LogP contribution in [-0.2, 0) is 0 Å². The normalized spacial score (nSPS) is 9.00. The summed E-state index contributed by atoms with van der Waals surface area (Å²) >= 11 is 6.41. The number of hydrogen-bond acceptors (Lipinski definition) is 5. The zero-order valence-electron chi connectivity index (χ0n) is 5.74. The Labute approximate surface area is 77.0 Å². The molecule has 7 heteroatoms. The molecule has 5 nitrogen and oxygen atoms in total. The summed E-state index contributed by atoms with van der Waals surface area (Å²) in [6, 6.07) is 1.77. The van der Waals surface area contributed by atoms with Crippen molar-refractivity contribution < 1.29 is 4.79 Å². The fourth-order valence-electron chi connectivity index (χ4n) is 0.493. The summed E-state index contributed by atoms with van der Waals surface area (Å²) in [6.45, 7) is -0.0456. The van der Waals surface area contributed by atoms with E-state index in [1.165, 1.54) is 0 Å². The Morgan fingerprint density at radius 2 is 2.50 bits per heavy atom. The topological polar surface area (TPSA) is 78.7 Å². The van der Waals surface area contributed by atoms with E-state index in [4.69, 9.17) is 16.9 Å². The van der Waals surface area contributed by atoms with Gasteiger partial charge in [0.25, 0.3) is 5.91 Å². The van der Waals surface area contributed by atoms with E-state index in [9.17, 15) is 4.79 Å². The van der Waals surface area contributed by atoms with Gasteiger partial charge in [0.15, 0.2) is 0 Å². The predicted octanol–water partition coefficient (Wildman–Crippen LogP) is 0.445. The molecule has 1 aromatic heterocycles. The highest BCUT2D eigenvalue weighted by Gasteiger charge is 2.10. The Balaban J connectivity index is 2.61. The van der Waals surface area contributed by atoms with Gasteiger partial charge in [0.1, 0.15) is 6.54 Å². The van der Waals surface area contributed by atoms with Gasteiger partial charge in [-0.05, 0) is 11.6 Å². The van der Waals surface area contributed by atoms with Crippen molar-refractivity contribution in [1.82, 2.24) is 15.5 Å². The number of halogens is 1. The average molecular weight is 203 g/mol. The van der Waals surface area contributed by atoms with Gasteiger partial charge in [-0.15, -0.1) is 10.2 Å². The minimum atomic E-state index is -0.430. The highest BCUT2D eigenvalue weighted by atomic mass is 35.5. The maximum atomic E-state index is 11.0. The maximum absolute atomic E-state index is 11.0. The molecule has 1 N–H and O–H groups in total. The zero-order valence-corrected chi connectivity index (χ0v) is 7.32. The first-order chi connectivity index (χ1) is 5.74. The number of carbonyl (C=O) groups excluding carboxylic acids is 1. The van der Waals surface area contributed by atoms with Crippen molar-refractivity contribution in [3.05, 3.63) is 9.47 Å². The van der Waals surface area contributed by atoms with E-state index in [1.54, 1.807) is 6.07 Å². The van der Waals surface area contributed by atoms with Crippen LogP contribution in [0.25, 0.3) is 0 Å². The summed E-state index contributed by atoms with van der Waals surface area (Å²) in [5, 5.41) is 17.5. The molecule has 1 rings (SSSR count). The monoisotopic (exact) mass is 202 g/mol. The number of nitriles is 1. The molecule has 0 aliphatic carbocycles. The van der Waals surface area contributed by atoms with Gasteiger partial charge in [-0.25, -0.2) is 0 Å². The highest BCUT2D eigenvalue weighted by molar-refractivity contribution is 7.17. The molecule has 1 heterocycles. The van der Waals surface area contributed by atoms with Crippen LogP contribution in [0.4, 0.5) is 0 Å². The second-order valence-electron chi connectivity index (χ2n) is 1.70. The van der Waals surface area contributed by atoms with Gasteiger partial charge in [-0.2, -0.15) is 5.26 Å². The summed E-state index contributed by atoms with van der Waals surface area (Å²) < 4.78 is 0.206. The van der Waals surface area contributed by atoms with E-state index in [0.29, 0.717) is 0 Å². The molecule has 0 bridgehead atoms. The molecule has 1 amide bonds. The van der Waals surface area contributed by atoms with Crippen LogP contribution < -0.4 is 5.32 Å². The van der Waals surface area contributed by atoms with Gasteiger partial charge >= 0.3 is 0 Å². The first kappa shape index (κ1) is 8.90. The fourth-order valence-corrected chi connectivity index (χ4v) is 1.24. The molecule has 0 spiro atoms. The lowest BCUT2D eigenvalue weighted by molar-refractivity contribution is 0.0957. The van der Waals surface area contributed by atoms with Gasteiger partial charge in [-0.3, -0.25) is 4.79 Å². The third kappa shape index (κ3) is 2.15. The van der Waals surface area contributed by atoms with Crippen LogP contribution in [0.5, 0.6) is 0 Å². The quantitative estimate of drug-likeness (QED) is 0.706. The van der Waals surface area contributed by atoms with Crippen molar-refractivity contribution in [2.45, 2.75) is 0 Å². The average Bonchev–Trinajstić information content (AvgIpc) is 2.47. The molecule has 0 unspecified atom stereocenters. The minimum Gasteiger partial charge on any atom is -0.337 e. The van der Waals surface area contributed by atoms with Crippen LogP contribution in [0, 0.1) is 11.3 Å². The molecule has 0 saturated heterocycles. The van der Waals surface area contributed by atoms with E-state index in [-0.39, 0.29) is 16.0 Å². The van der Waals surface area contributed by atoms with E-state index in [0.717, 1.165) is 11.3 Å². The Hall–Kier alpha value is -1.19. The SMILES string of the molecule is N#CCNC(=O)c1nnc(Cl)s1. The largest absolute Gasteiger partial charge is 0.337 e. The zero-order chi connectivity index (χ0) is 8.97. The molecule has 0 aromatic carbocycles. The Morgan fingerprint density at radius 1 is 1.75 bits per heavy atom. The van der Waals surface area contributed by atoms with Crippen molar-refractivity contribution >= 4 is 28.8 Å². The lowest BCUT2D eigenvalue weighted by Crippen LogP contribution is -2.23. The molecule has 0 aliphatic heterocycles. The van der Waals surface area contributed by atoms with Crippen LogP contribution in [0.1, 0.15) is 9.80 Å². The standard InChI is InChI=1S/C5H3ClN4OS/c6-5-10-9-4(12-5)3(11)8-2-1-7/h2H2,(H,8,11). The van der Waals surface area contributed by atoms with E-state index >= 15 is 0 Å². The molecular formula is C5H3ClN4OS. The van der Waals surface area contributed by atoms with Crippen molar-refractivity contribution in [2.75, 3.05) is 6.54 Å². The number of nitrogens with zero attached hydrogens (tertiary/aromatic N) is 3. The molecule has 0 atom stereocenters. The summed E-state index contributed by atoms with van der Waals surface area (Å²) in [5.74, 6) is -0.430. The lowest BCUT2D eigenvalue weighted by atomic mass is 10.6. The smallest absolute Gasteiger partial charge is 0.283 e. The first-order valence-electron chi connectivity index (χ1n) is 2.88. The summed E-state index contributed by atoms with van der Waals surface area (Å²) in [7, 11) is 0. The fraction of sp³-hybridized carbons (Fsp3) is 0.200. The van der Waals surface area contributed by atoms with Crippen LogP contribution in [0.2, 0.25) is 4.47 Å². The molecule has 0 aliphatic rings. The molecule has 0 radical (unpaired) electrons. The third-order valence-corrected chi connectivity index (χ3v) is 1.94. The Bertz CT molecular complexity index is 330. The molecule has 0 saturated carbocycles. The number of rotatable bonds is 2. The van der Waals surface area contributed by atoms with E-state index < -0.39 is 5.91 Å². The molecule has 1 aromatic rings. The van der Waals surface area contributed by atoms with Crippen LogP contribution in [-0.4, -0.2) is 22.6 Å². The lowest BCUT2D eigenvalue weighted by Gasteiger charge is -1.92. The molecule has 62 valence electrons. The molecule has 0 fully saturated rings. The Kier molecular flexibility index (Phi) is 2.96. The third-order valence-electron chi connectivity index (χ3n) is 0.923. The van der Waals surface area contributed by atoms with Crippen LogP contribution in [0.15, 0.2) is 0 Å². The summed E-state index contributed by atoms with van der Waals surface area (Å²) in [4.78, 5) is 11.0. The summed E-state index contributed by atoms with van der Waals surface area (Å²) in [6.07, 6.45) is 0. The molecular weight excluding hydrogens is 200 g/mol. The van der Waals surface area contributed by atoms with Gasteiger partial charge in [0.05, 0.1) is 6.07 Å². The van der Waals surface area contributed by atoms with E-state index in [2.05, 4.69) is 15.5 Å². The second-order valence-corrected chi connectivity index (χ2v) is 3.26. The number of nitrogens with one attached hydrogen (secondary N) is 1. The number of hydrogen-bond donors (Lipinski definition) is 1. The van der Waals surface area contributed by atoms with Crippen molar-refractivity contribution in [3.8, 4) is 6.07 Å². The highest BCUT2D eigenvalue weighted by Crippen LogP contribution is 2.14. The van der Waals surface area contributed by atoms with Gasteiger partial charge in [-0.1, -0.05) is 11.3 Å². The minimum absolute atomic E-state index is 0.0456. The van der Waals surface area contributed by atoms with Gasteiger partial charge in [0, 0.05) is 0 Å². The number of amides is 1. The molecule has 12 heavy (non-hydrogen) atoms. The first-order valence-corrected chi connectivity index (χ1v) is 4.07. The predicted molar refractivity (Wildman–Crippen MR) is 42.9 cm³/mol. The van der Waals surface area contributed by atoms with Crippen molar-refractivity contribution in [2.24, 2.45) is 0 Å². The summed E-state index contributed by atoms with van der Waals surface area (Å²) in [5.41, 5.74) is 0. The van der Waals surface area contributed by atoms with Gasteiger partial charge < -0.3 is 5.32 Å². The van der Waals surface area contributed by atoms with Crippen LogP contribution >= 0.6 is 22.9 Å². The Morgan fingerprint density at radius 3 is 3.00 bits per heavy atom. The number of carbonyl (C=O) groups is 1. The maximum Gasteiger partial charge on any atom is 0.283 e.